The minimum atomic E-state index is 0.253. The number of fused-ring (bicyclic) bond motifs is 1. The summed E-state index contributed by atoms with van der Waals surface area (Å²) in [6.45, 7) is 6.00. The van der Waals surface area contributed by atoms with Crippen LogP contribution in [0.3, 0.4) is 0 Å². The Bertz CT molecular complexity index is 935. The van der Waals surface area contributed by atoms with Gasteiger partial charge in [-0.15, -0.1) is 0 Å². The van der Waals surface area contributed by atoms with E-state index in [1.165, 1.54) is 0 Å². The van der Waals surface area contributed by atoms with Crippen LogP contribution in [0, 0.1) is 20.8 Å². The highest BCUT2D eigenvalue weighted by Gasteiger charge is 2.05. The molecule has 2 heterocycles. The molecule has 7 heteroatoms. The average Bonchev–Trinajstić information content (AvgIpc) is 3.01. The standard InChI is InChI=1S/C9H13NO.C8H6N2O2S/c1-6-5-10-8(3)7(2)9(6)11-4;1-12-5-2-3-6-7(4-5)10-8(9-6)13-11/h5H,1-4H3;2-4H,1H3. The van der Waals surface area contributed by atoms with Gasteiger partial charge in [-0.25, -0.2) is 14.2 Å². The Morgan fingerprint density at radius 2 is 1.71 bits per heavy atom. The van der Waals surface area contributed by atoms with Crippen LogP contribution < -0.4 is 20.2 Å². The first-order valence-corrected chi connectivity index (χ1v) is 7.99. The Morgan fingerprint density at radius 3 is 2.29 bits per heavy atom. The zero-order valence-electron chi connectivity index (χ0n) is 14.3. The van der Waals surface area contributed by atoms with E-state index in [0.717, 1.165) is 33.7 Å². The lowest BCUT2D eigenvalue weighted by Crippen LogP contribution is -2.20. The van der Waals surface area contributed by atoms with E-state index in [1.807, 2.05) is 27.0 Å². The van der Waals surface area contributed by atoms with Crippen LogP contribution in [0.25, 0.3) is 0 Å². The molecule has 0 fully saturated rings. The predicted octanol–water partition coefficient (Wildman–Crippen LogP) is 1.26. The number of pyridine rings is 1. The molecule has 0 saturated heterocycles. The van der Waals surface area contributed by atoms with E-state index >= 15 is 0 Å². The zero-order valence-corrected chi connectivity index (χ0v) is 15.1. The SMILES string of the molecule is COc1c(C)cnc(C)c1C.COc1ccc2c(c1)=NC(=S=O)N=2. The number of methoxy groups -OCH3 is 2. The van der Waals surface area contributed by atoms with Gasteiger partial charge in [-0.05, 0) is 32.9 Å². The Labute approximate surface area is 144 Å². The van der Waals surface area contributed by atoms with E-state index in [0.29, 0.717) is 16.6 Å². The monoisotopic (exact) mass is 345 g/mol. The molecule has 0 unspecified atom stereocenters. The Kier molecular flexibility index (Phi) is 5.81. The molecule has 24 heavy (non-hydrogen) atoms. The number of rotatable bonds is 2. The van der Waals surface area contributed by atoms with Crippen LogP contribution in [0.15, 0.2) is 34.4 Å². The van der Waals surface area contributed by atoms with Gasteiger partial charge in [-0.3, -0.25) is 4.98 Å². The molecule has 0 radical (unpaired) electrons. The number of aryl methyl sites for hydroxylation is 2. The molecular formula is C17H19N3O3S. The van der Waals surface area contributed by atoms with Crippen molar-refractivity contribution in [2.24, 2.45) is 9.98 Å². The van der Waals surface area contributed by atoms with Gasteiger partial charge < -0.3 is 9.47 Å². The van der Waals surface area contributed by atoms with Gasteiger partial charge in [0.1, 0.15) is 22.8 Å². The molecular weight excluding hydrogens is 326 g/mol. The number of ether oxygens (including phenoxy) is 2. The second-order valence-corrected chi connectivity index (χ2v) is 5.66. The lowest BCUT2D eigenvalue weighted by Gasteiger charge is -2.08. The molecule has 0 saturated carbocycles. The molecule has 126 valence electrons. The Balaban J connectivity index is 0.000000177. The molecule has 6 nitrogen and oxygen atoms in total. The van der Waals surface area contributed by atoms with Gasteiger partial charge in [0.25, 0.3) is 0 Å². The molecule has 0 spiro atoms. The minimum absolute atomic E-state index is 0.253. The maximum absolute atomic E-state index is 10.4. The summed E-state index contributed by atoms with van der Waals surface area (Å²) in [5, 5.41) is 1.67. The van der Waals surface area contributed by atoms with Crippen LogP contribution >= 0.6 is 0 Å². The third kappa shape index (κ3) is 3.86. The second-order valence-electron chi connectivity index (χ2n) is 5.13. The van der Waals surface area contributed by atoms with Crippen molar-refractivity contribution < 1.29 is 13.7 Å². The highest BCUT2D eigenvalue weighted by molar-refractivity contribution is 7.66. The highest BCUT2D eigenvalue weighted by Crippen LogP contribution is 2.22. The fourth-order valence-electron chi connectivity index (χ4n) is 2.21. The summed E-state index contributed by atoms with van der Waals surface area (Å²) in [7, 11) is 3.27. The van der Waals surface area contributed by atoms with Crippen LogP contribution in [-0.2, 0) is 11.3 Å². The number of hydrogen-bond donors (Lipinski definition) is 0. The molecule has 1 aliphatic heterocycles. The van der Waals surface area contributed by atoms with Crippen molar-refractivity contribution in [3.05, 3.63) is 51.9 Å². The fourth-order valence-corrected chi connectivity index (χ4v) is 2.48. The van der Waals surface area contributed by atoms with Gasteiger partial charge in [0, 0.05) is 29.1 Å². The van der Waals surface area contributed by atoms with Gasteiger partial charge in [-0.2, -0.15) is 0 Å². The van der Waals surface area contributed by atoms with E-state index in [2.05, 4.69) is 15.0 Å². The van der Waals surface area contributed by atoms with E-state index in [1.54, 1.807) is 32.4 Å². The molecule has 2 aromatic rings. The summed E-state index contributed by atoms with van der Waals surface area (Å²) in [6, 6.07) is 5.32. The summed E-state index contributed by atoms with van der Waals surface area (Å²) < 4.78 is 20.6. The molecule has 0 N–H and O–H groups in total. The van der Waals surface area contributed by atoms with Crippen molar-refractivity contribution in [2.45, 2.75) is 20.8 Å². The molecule has 1 aliphatic rings. The van der Waals surface area contributed by atoms with Crippen molar-refractivity contribution in [1.82, 2.24) is 4.98 Å². The molecule has 0 bridgehead atoms. The first-order chi connectivity index (χ1) is 11.5. The largest absolute Gasteiger partial charge is 0.497 e. The fraction of sp³-hybridized carbons (Fsp3) is 0.294. The predicted molar refractivity (Wildman–Crippen MR) is 93.5 cm³/mol. The summed E-state index contributed by atoms with van der Waals surface area (Å²) in [6.07, 6.45) is 1.83. The van der Waals surface area contributed by atoms with Crippen molar-refractivity contribution in [2.75, 3.05) is 14.2 Å². The molecule has 1 aromatic heterocycles. The van der Waals surface area contributed by atoms with Crippen LogP contribution in [0.2, 0.25) is 0 Å². The van der Waals surface area contributed by atoms with Gasteiger partial charge in [0.2, 0.25) is 5.11 Å². The maximum Gasteiger partial charge on any atom is 0.249 e. The second kappa shape index (κ2) is 7.83. The van der Waals surface area contributed by atoms with Crippen molar-refractivity contribution >= 4 is 16.4 Å². The number of benzene rings is 1. The Morgan fingerprint density at radius 1 is 1.00 bits per heavy atom. The first kappa shape index (κ1) is 17.8. The summed E-state index contributed by atoms with van der Waals surface area (Å²) >= 11 is 0.295. The molecule has 0 aliphatic carbocycles. The minimum Gasteiger partial charge on any atom is -0.497 e. The maximum atomic E-state index is 10.4. The number of aromatic nitrogens is 1. The van der Waals surface area contributed by atoms with E-state index in [9.17, 15) is 4.21 Å². The van der Waals surface area contributed by atoms with Crippen LogP contribution in [0.5, 0.6) is 11.5 Å². The van der Waals surface area contributed by atoms with Crippen LogP contribution in [-0.4, -0.2) is 28.5 Å². The third-order valence-electron chi connectivity index (χ3n) is 3.59. The highest BCUT2D eigenvalue weighted by atomic mass is 32.1. The van der Waals surface area contributed by atoms with Gasteiger partial charge >= 0.3 is 0 Å². The molecule has 0 amide bonds. The summed E-state index contributed by atoms with van der Waals surface area (Å²) in [4.78, 5) is 12.2. The Hall–Kier alpha value is -2.54. The average molecular weight is 345 g/mol. The van der Waals surface area contributed by atoms with Crippen LogP contribution in [0.1, 0.15) is 16.8 Å². The lowest BCUT2D eigenvalue weighted by molar-refractivity contribution is 0.407. The van der Waals surface area contributed by atoms with E-state index in [4.69, 9.17) is 9.47 Å². The number of hydrogen-bond acceptors (Lipinski definition) is 4. The molecule has 0 atom stereocenters. The van der Waals surface area contributed by atoms with Crippen molar-refractivity contribution in [3.8, 4) is 11.5 Å². The molecule has 3 rings (SSSR count). The summed E-state index contributed by atoms with van der Waals surface area (Å²) in [5.41, 5.74) is 3.26. The molecule has 1 aromatic carbocycles. The van der Waals surface area contributed by atoms with Gasteiger partial charge in [-0.1, -0.05) is 0 Å². The van der Waals surface area contributed by atoms with Crippen molar-refractivity contribution in [3.63, 3.8) is 0 Å². The first-order valence-electron chi connectivity index (χ1n) is 7.25. The quantitative estimate of drug-likeness (QED) is 0.768. The smallest absolute Gasteiger partial charge is 0.249 e. The lowest BCUT2D eigenvalue weighted by atomic mass is 10.1. The topological polar surface area (TPSA) is 73.1 Å². The number of nitrogens with zero attached hydrogens (tertiary/aromatic N) is 3. The summed E-state index contributed by atoms with van der Waals surface area (Å²) in [5.74, 6) is 1.67. The van der Waals surface area contributed by atoms with Gasteiger partial charge in [0.15, 0.2) is 0 Å². The normalized spacial score (nSPS) is 11.5. The third-order valence-corrected chi connectivity index (χ3v) is 3.92. The van der Waals surface area contributed by atoms with Gasteiger partial charge in [0.05, 0.1) is 24.9 Å². The zero-order chi connectivity index (χ0) is 17.7. The van der Waals surface area contributed by atoms with E-state index < -0.39 is 0 Å². The van der Waals surface area contributed by atoms with Crippen molar-refractivity contribution in [1.29, 1.82) is 0 Å². The van der Waals surface area contributed by atoms with E-state index in [-0.39, 0.29) is 5.11 Å². The van der Waals surface area contributed by atoms with Crippen LogP contribution in [0.4, 0.5) is 0 Å².